The zero-order valence-electron chi connectivity index (χ0n) is 7.53. The second kappa shape index (κ2) is 7.89. The van der Waals surface area contributed by atoms with Crippen LogP contribution >= 0.6 is 11.8 Å². The van der Waals surface area contributed by atoms with E-state index in [1.807, 2.05) is 0 Å². The minimum Gasteiger partial charge on any atom is -0.480 e. The van der Waals surface area contributed by atoms with Crippen LogP contribution in [0.1, 0.15) is 0 Å². The Bertz CT molecular complexity index is 182. The van der Waals surface area contributed by atoms with E-state index < -0.39 is 12.0 Å². The zero-order valence-corrected chi connectivity index (χ0v) is 8.35. The van der Waals surface area contributed by atoms with Crippen LogP contribution in [0.3, 0.4) is 0 Å². The summed E-state index contributed by atoms with van der Waals surface area (Å²) in [5.41, 5.74) is 0. The third-order valence-electron chi connectivity index (χ3n) is 1.33. The second-order valence-corrected chi connectivity index (χ2v) is 3.49. The van der Waals surface area contributed by atoms with Gasteiger partial charge >= 0.3 is 5.97 Å². The second-order valence-electron chi connectivity index (χ2n) is 2.41. The molecule has 4 heteroatoms. The molecule has 0 aliphatic heterocycles. The molecule has 0 fully saturated rings. The van der Waals surface area contributed by atoms with Crippen LogP contribution in [0.4, 0.5) is 0 Å². The van der Waals surface area contributed by atoms with E-state index in [0.717, 1.165) is 5.75 Å². The smallest absolute Gasteiger partial charge is 0.321 e. The van der Waals surface area contributed by atoms with Gasteiger partial charge in [-0.05, 0) is 0 Å². The summed E-state index contributed by atoms with van der Waals surface area (Å²) >= 11 is 1.54. The molecule has 0 aromatic carbocycles. The Morgan fingerprint density at radius 3 is 2.69 bits per heavy atom. The van der Waals surface area contributed by atoms with Crippen LogP contribution in [0.25, 0.3) is 0 Å². The van der Waals surface area contributed by atoms with Gasteiger partial charge in [-0.15, -0.1) is 13.2 Å². The summed E-state index contributed by atoms with van der Waals surface area (Å²) in [7, 11) is 0. The molecule has 0 radical (unpaired) electrons. The molecule has 0 spiro atoms. The van der Waals surface area contributed by atoms with Crippen LogP contribution < -0.4 is 5.32 Å². The van der Waals surface area contributed by atoms with Crippen molar-refractivity contribution in [3.05, 3.63) is 25.3 Å². The summed E-state index contributed by atoms with van der Waals surface area (Å²) in [4.78, 5) is 10.7. The number of hydrogen-bond donors (Lipinski definition) is 2. The molecule has 0 aliphatic carbocycles. The topological polar surface area (TPSA) is 49.3 Å². The maximum absolute atomic E-state index is 10.7. The highest BCUT2D eigenvalue weighted by Gasteiger charge is 2.14. The third-order valence-corrected chi connectivity index (χ3v) is 2.37. The molecule has 0 heterocycles. The first kappa shape index (κ1) is 12.3. The van der Waals surface area contributed by atoms with E-state index in [1.54, 1.807) is 23.9 Å². The van der Waals surface area contributed by atoms with Crippen molar-refractivity contribution < 1.29 is 9.90 Å². The van der Waals surface area contributed by atoms with E-state index in [1.165, 1.54) is 0 Å². The first-order valence-corrected chi connectivity index (χ1v) is 5.13. The fraction of sp³-hybridized carbons (Fsp3) is 0.444. The van der Waals surface area contributed by atoms with Crippen molar-refractivity contribution in [3.8, 4) is 0 Å². The van der Waals surface area contributed by atoms with Crippen LogP contribution in [0, 0.1) is 0 Å². The van der Waals surface area contributed by atoms with Gasteiger partial charge in [-0.1, -0.05) is 12.2 Å². The summed E-state index contributed by atoms with van der Waals surface area (Å²) in [6, 6.07) is -0.497. The molecular formula is C9H15NO2S. The van der Waals surface area contributed by atoms with Gasteiger partial charge < -0.3 is 10.4 Å². The van der Waals surface area contributed by atoms with Crippen molar-refractivity contribution in [1.82, 2.24) is 5.32 Å². The highest BCUT2D eigenvalue weighted by Crippen LogP contribution is 2.02. The highest BCUT2D eigenvalue weighted by atomic mass is 32.2. The predicted octanol–water partition coefficient (Wildman–Crippen LogP) is 1.13. The molecule has 74 valence electrons. The van der Waals surface area contributed by atoms with Gasteiger partial charge in [0.1, 0.15) is 6.04 Å². The number of carbonyl (C=O) groups is 1. The van der Waals surface area contributed by atoms with E-state index in [2.05, 4.69) is 18.5 Å². The van der Waals surface area contributed by atoms with Gasteiger partial charge in [0, 0.05) is 18.1 Å². The Labute approximate surface area is 82.9 Å². The molecule has 13 heavy (non-hydrogen) atoms. The molecule has 0 bridgehead atoms. The molecule has 0 aromatic heterocycles. The molecule has 0 aliphatic rings. The van der Waals surface area contributed by atoms with Crippen LogP contribution in [0.15, 0.2) is 25.3 Å². The lowest BCUT2D eigenvalue weighted by Gasteiger charge is -2.11. The van der Waals surface area contributed by atoms with Gasteiger partial charge in [0.25, 0.3) is 0 Å². The van der Waals surface area contributed by atoms with Gasteiger partial charge in [0.05, 0.1) is 0 Å². The zero-order chi connectivity index (χ0) is 10.1. The number of thioether (sulfide) groups is 1. The molecule has 2 N–H and O–H groups in total. The van der Waals surface area contributed by atoms with Gasteiger partial charge in [-0.25, -0.2) is 0 Å². The van der Waals surface area contributed by atoms with Crippen molar-refractivity contribution in [2.45, 2.75) is 6.04 Å². The van der Waals surface area contributed by atoms with Crippen LogP contribution in [0.2, 0.25) is 0 Å². The van der Waals surface area contributed by atoms with E-state index in [0.29, 0.717) is 12.3 Å². The summed E-state index contributed by atoms with van der Waals surface area (Å²) in [6.45, 7) is 7.59. The first-order chi connectivity index (χ1) is 6.22. The Morgan fingerprint density at radius 2 is 2.23 bits per heavy atom. The lowest BCUT2D eigenvalue weighted by molar-refractivity contribution is -0.138. The molecule has 0 saturated heterocycles. The van der Waals surface area contributed by atoms with Crippen molar-refractivity contribution in [1.29, 1.82) is 0 Å². The third kappa shape index (κ3) is 6.42. The summed E-state index contributed by atoms with van der Waals surface area (Å²) in [5, 5.41) is 11.6. The van der Waals surface area contributed by atoms with Crippen LogP contribution in [0.5, 0.6) is 0 Å². The molecule has 0 rings (SSSR count). The molecule has 1 unspecified atom stereocenters. The SMILES string of the molecule is C=CCNC(CSCC=C)C(=O)O. The maximum atomic E-state index is 10.7. The van der Waals surface area contributed by atoms with E-state index in [4.69, 9.17) is 5.11 Å². The lowest BCUT2D eigenvalue weighted by Crippen LogP contribution is -2.38. The monoisotopic (exact) mass is 201 g/mol. The molecule has 3 nitrogen and oxygen atoms in total. The number of hydrogen-bond acceptors (Lipinski definition) is 3. The number of carboxylic acids is 1. The van der Waals surface area contributed by atoms with E-state index in [-0.39, 0.29) is 0 Å². The maximum Gasteiger partial charge on any atom is 0.321 e. The quantitative estimate of drug-likeness (QED) is 0.456. The predicted molar refractivity (Wildman–Crippen MR) is 57.1 cm³/mol. The average molecular weight is 201 g/mol. The Kier molecular flexibility index (Phi) is 7.44. The first-order valence-electron chi connectivity index (χ1n) is 3.98. The van der Waals surface area contributed by atoms with Crippen LogP contribution in [-0.4, -0.2) is 35.2 Å². The summed E-state index contributed by atoms with van der Waals surface area (Å²) in [6.07, 6.45) is 3.41. The largest absolute Gasteiger partial charge is 0.480 e. The number of rotatable bonds is 8. The number of carboxylic acid groups (broad SMARTS) is 1. The van der Waals surface area contributed by atoms with E-state index >= 15 is 0 Å². The minimum absolute atomic E-state index is 0.497. The summed E-state index contributed by atoms with van der Waals surface area (Å²) in [5.74, 6) is 0.507. The molecular weight excluding hydrogens is 186 g/mol. The highest BCUT2D eigenvalue weighted by molar-refractivity contribution is 7.99. The molecule has 0 saturated carbocycles. The Balaban J connectivity index is 3.72. The van der Waals surface area contributed by atoms with Gasteiger partial charge in [0.2, 0.25) is 0 Å². The van der Waals surface area contributed by atoms with Crippen molar-refractivity contribution in [2.75, 3.05) is 18.1 Å². The fourth-order valence-electron chi connectivity index (χ4n) is 0.712. The van der Waals surface area contributed by atoms with Gasteiger partial charge in [0.15, 0.2) is 0 Å². The van der Waals surface area contributed by atoms with Crippen molar-refractivity contribution in [2.24, 2.45) is 0 Å². The standard InChI is InChI=1S/C9H15NO2S/c1-3-5-10-8(9(11)12)7-13-6-4-2/h3-4,8,10H,1-2,5-7H2,(H,11,12). The van der Waals surface area contributed by atoms with Gasteiger partial charge in [-0.3, -0.25) is 4.79 Å². The average Bonchev–Trinajstić information content (AvgIpc) is 2.10. The normalized spacial score (nSPS) is 12.0. The number of nitrogens with one attached hydrogen (secondary N) is 1. The number of aliphatic carboxylic acids is 1. The Morgan fingerprint density at radius 1 is 1.54 bits per heavy atom. The fourth-order valence-corrected chi connectivity index (χ4v) is 1.51. The lowest BCUT2D eigenvalue weighted by atomic mass is 10.3. The Hall–Kier alpha value is -0.740. The molecule has 0 amide bonds. The van der Waals surface area contributed by atoms with Gasteiger partial charge in [-0.2, -0.15) is 11.8 Å². The minimum atomic E-state index is -0.821. The van der Waals surface area contributed by atoms with Crippen molar-refractivity contribution >= 4 is 17.7 Å². The molecule has 1 atom stereocenters. The van der Waals surface area contributed by atoms with Crippen molar-refractivity contribution in [3.63, 3.8) is 0 Å². The van der Waals surface area contributed by atoms with Crippen LogP contribution in [-0.2, 0) is 4.79 Å². The summed E-state index contributed by atoms with van der Waals surface area (Å²) < 4.78 is 0. The molecule has 0 aromatic rings. The van der Waals surface area contributed by atoms with E-state index in [9.17, 15) is 4.79 Å².